The molecule has 0 atom stereocenters. The summed E-state index contributed by atoms with van der Waals surface area (Å²) in [5, 5.41) is 15.7. The predicted molar refractivity (Wildman–Crippen MR) is 328 cm³/mol. The minimum absolute atomic E-state index is 1.13. The van der Waals surface area contributed by atoms with Gasteiger partial charge in [0.05, 0.1) is 22.1 Å². The van der Waals surface area contributed by atoms with Crippen molar-refractivity contribution < 1.29 is 0 Å². The molecule has 358 valence electrons. The number of para-hydroxylation sites is 1. The maximum absolute atomic E-state index is 2.85. The first kappa shape index (κ1) is 45.3. The molecule has 0 amide bonds. The highest BCUT2D eigenvalue weighted by Gasteiger charge is 2.43. The van der Waals surface area contributed by atoms with Gasteiger partial charge in [0.25, 0.3) is 0 Å². The van der Waals surface area contributed by atoms with E-state index >= 15 is 0 Å². The van der Waals surface area contributed by atoms with Crippen LogP contribution in [0.5, 0.6) is 0 Å². The Morgan fingerprint density at radius 3 is 1.12 bits per heavy atom. The molecule has 14 rings (SSSR count). The first-order valence-corrected chi connectivity index (χ1v) is 30.3. The largest absolute Gasteiger partial charge is 0.309 e. The third kappa shape index (κ3) is 7.14. The van der Waals surface area contributed by atoms with Crippen molar-refractivity contribution in [1.29, 1.82) is 0 Å². The molecule has 2 aromatic heterocycles. The van der Waals surface area contributed by atoms with Gasteiger partial charge < -0.3 is 9.13 Å². The zero-order valence-corrected chi connectivity index (χ0v) is 43.9. The Hall–Kier alpha value is -9.33. The van der Waals surface area contributed by atoms with Gasteiger partial charge in [-0.1, -0.05) is 267 Å². The van der Waals surface area contributed by atoms with E-state index in [1.54, 1.807) is 0 Å². The number of benzene rings is 12. The fraction of sp³-hybridized carbons (Fsp3) is 0. The molecule has 12 aromatic carbocycles. The monoisotopic (exact) mass is 1000 g/mol. The Balaban J connectivity index is 1.04. The van der Waals surface area contributed by atoms with Crippen LogP contribution in [-0.2, 0) is 0 Å². The second-order valence-corrected chi connectivity index (χ2v) is 27.6. The van der Waals surface area contributed by atoms with Gasteiger partial charge >= 0.3 is 0 Å². The zero-order chi connectivity index (χ0) is 50.5. The summed E-state index contributed by atoms with van der Waals surface area (Å²) in [4.78, 5) is 0. The Labute approximate surface area is 445 Å². The molecule has 14 aromatic rings. The van der Waals surface area contributed by atoms with E-state index in [9.17, 15) is 0 Å². The lowest BCUT2D eigenvalue weighted by Crippen LogP contribution is -2.74. The SMILES string of the molecule is c1ccc(-c2cccc3c2c2cc(-n4c5ccccc5c5ccc([Si](c6ccccc6)(c6ccccc6)c6ccccc6)cc54)ccc2n3-c2cccc([Si](c3ccccc3)(c3ccccc3)c3ccccc3)c2)cc1. The van der Waals surface area contributed by atoms with Crippen molar-refractivity contribution >= 4 is 101 Å². The van der Waals surface area contributed by atoms with Crippen molar-refractivity contribution in [3.63, 3.8) is 0 Å². The molecule has 76 heavy (non-hydrogen) atoms. The second-order valence-electron chi connectivity index (χ2n) is 19.9. The van der Waals surface area contributed by atoms with Crippen LogP contribution >= 0.6 is 0 Å². The molecule has 0 spiro atoms. The molecule has 4 heteroatoms. The lowest BCUT2D eigenvalue weighted by molar-refractivity contribution is 1.17. The average molecular weight is 1000 g/mol. The van der Waals surface area contributed by atoms with Gasteiger partial charge in [-0.2, -0.15) is 0 Å². The van der Waals surface area contributed by atoms with Crippen molar-refractivity contribution in [2.24, 2.45) is 0 Å². The summed E-state index contributed by atoms with van der Waals surface area (Å²) < 4.78 is 5.05. The lowest BCUT2D eigenvalue weighted by Gasteiger charge is -2.34. The van der Waals surface area contributed by atoms with Gasteiger partial charge in [-0.3, -0.25) is 0 Å². The van der Waals surface area contributed by atoms with E-state index in [2.05, 4.69) is 325 Å². The zero-order valence-electron chi connectivity index (χ0n) is 41.9. The Morgan fingerprint density at radius 1 is 0.211 bits per heavy atom. The third-order valence-corrected chi connectivity index (χ3v) is 25.6. The van der Waals surface area contributed by atoms with Crippen LogP contribution in [0.15, 0.2) is 315 Å². The summed E-state index contributed by atoms with van der Waals surface area (Å²) in [6.45, 7) is 0. The summed E-state index contributed by atoms with van der Waals surface area (Å²) in [7, 11) is -5.68. The number of fused-ring (bicyclic) bond motifs is 6. The number of hydrogen-bond acceptors (Lipinski definition) is 0. The van der Waals surface area contributed by atoms with Crippen molar-refractivity contribution in [3.8, 4) is 22.5 Å². The molecule has 0 aliphatic heterocycles. The van der Waals surface area contributed by atoms with Crippen LogP contribution in [0.3, 0.4) is 0 Å². The molecule has 0 bridgehead atoms. The number of hydrogen-bond donors (Lipinski definition) is 0. The van der Waals surface area contributed by atoms with Crippen molar-refractivity contribution in [3.05, 3.63) is 315 Å². The highest BCUT2D eigenvalue weighted by atomic mass is 28.3. The fourth-order valence-corrected chi connectivity index (χ4v) is 22.4. The van der Waals surface area contributed by atoms with E-state index < -0.39 is 16.1 Å². The molecule has 0 saturated heterocycles. The summed E-state index contributed by atoms with van der Waals surface area (Å²) in [5.41, 5.74) is 9.39. The van der Waals surface area contributed by atoms with Crippen LogP contribution < -0.4 is 41.5 Å². The fourth-order valence-electron chi connectivity index (χ4n) is 12.8. The van der Waals surface area contributed by atoms with Crippen LogP contribution in [0.1, 0.15) is 0 Å². The molecule has 0 saturated carbocycles. The Kier molecular flexibility index (Phi) is 11.2. The topological polar surface area (TPSA) is 9.86 Å². The number of aromatic nitrogens is 2. The van der Waals surface area contributed by atoms with Crippen LogP contribution in [-0.4, -0.2) is 25.3 Å². The maximum atomic E-state index is 2.53. The minimum Gasteiger partial charge on any atom is -0.309 e. The van der Waals surface area contributed by atoms with E-state index in [4.69, 9.17) is 0 Å². The molecule has 2 heterocycles. The van der Waals surface area contributed by atoms with Crippen molar-refractivity contribution in [2.75, 3.05) is 0 Å². The summed E-state index contributed by atoms with van der Waals surface area (Å²) in [5.74, 6) is 0. The molecule has 0 aliphatic rings. The average Bonchev–Trinajstić information content (AvgIpc) is 4.10. The van der Waals surface area contributed by atoms with E-state index in [-0.39, 0.29) is 0 Å². The standard InChI is InChI=1S/C72H52N2Si2/c1-8-26-53(27-9-1)64-43-25-45-70-72(64)67-51-55(46-49-69(67)73(70)54-28-24-41-62(50-54)75(56-29-10-2-11-30-56,57-31-12-3-13-32-57)58-33-14-4-15-34-58)74-68-44-23-22-42-65(68)66-48-47-63(52-71(66)74)76(59-35-16-5-17-36-59,60-37-18-6-19-38-60)61-39-20-7-21-40-61/h1-52H. The van der Waals surface area contributed by atoms with Crippen molar-refractivity contribution in [2.45, 2.75) is 0 Å². The van der Waals surface area contributed by atoms with Gasteiger partial charge in [0, 0.05) is 32.9 Å². The molecule has 0 radical (unpaired) electrons. The quantitative estimate of drug-likeness (QED) is 0.0903. The van der Waals surface area contributed by atoms with Crippen LogP contribution in [0.2, 0.25) is 0 Å². The molecular weight excluding hydrogens is 949 g/mol. The van der Waals surface area contributed by atoms with Crippen LogP contribution in [0.25, 0.3) is 66.1 Å². The Bertz CT molecular complexity index is 4170. The minimum atomic E-state index is -2.85. The number of nitrogens with zero attached hydrogens (tertiary/aromatic N) is 2. The molecule has 0 aliphatic carbocycles. The second kappa shape index (κ2) is 18.9. The van der Waals surface area contributed by atoms with Gasteiger partial charge in [-0.05, 0) is 101 Å². The predicted octanol–water partition coefficient (Wildman–Crippen LogP) is 12.3. The van der Waals surface area contributed by atoms with Gasteiger partial charge in [-0.15, -0.1) is 0 Å². The first-order chi connectivity index (χ1) is 37.7. The van der Waals surface area contributed by atoms with E-state index in [0.29, 0.717) is 0 Å². The lowest BCUT2D eigenvalue weighted by atomic mass is 9.99. The third-order valence-electron chi connectivity index (χ3n) is 16.0. The number of rotatable bonds is 11. The van der Waals surface area contributed by atoms with Gasteiger partial charge in [0.15, 0.2) is 16.1 Å². The van der Waals surface area contributed by atoms with Crippen molar-refractivity contribution in [1.82, 2.24) is 9.13 Å². The first-order valence-electron chi connectivity index (χ1n) is 26.3. The highest BCUT2D eigenvalue weighted by molar-refractivity contribution is 7.20. The molecule has 0 fully saturated rings. The normalized spacial score (nSPS) is 11.9. The smallest absolute Gasteiger partial charge is 0.179 e. The van der Waals surface area contributed by atoms with E-state index in [0.717, 1.165) is 16.9 Å². The Morgan fingerprint density at radius 2 is 0.592 bits per heavy atom. The van der Waals surface area contributed by atoms with Gasteiger partial charge in [-0.25, -0.2) is 0 Å². The summed E-state index contributed by atoms with van der Waals surface area (Å²) in [6.07, 6.45) is 0. The molecule has 2 nitrogen and oxygen atoms in total. The summed E-state index contributed by atoms with van der Waals surface area (Å²) in [6, 6.07) is 118. The molecule has 0 unspecified atom stereocenters. The van der Waals surface area contributed by atoms with E-state index in [1.807, 2.05) is 0 Å². The van der Waals surface area contributed by atoms with Gasteiger partial charge in [0.1, 0.15) is 0 Å². The molecular formula is C72H52N2Si2. The maximum Gasteiger partial charge on any atom is 0.179 e. The van der Waals surface area contributed by atoms with Crippen LogP contribution in [0, 0.1) is 0 Å². The van der Waals surface area contributed by atoms with E-state index in [1.165, 1.54) is 90.7 Å². The van der Waals surface area contributed by atoms with Crippen LogP contribution in [0.4, 0.5) is 0 Å². The van der Waals surface area contributed by atoms with Gasteiger partial charge in [0.2, 0.25) is 0 Å². The highest BCUT2D eigenvalue weighted by Crippen LogP contribution is 2.41. The molecule has 0 N–H and O–H groups in total. The summed E-state index contributed by atoms with van der Waals surface area (Å²) >= 11 is 0.